The standard InChI is InChI=1S/C19H20N4O/c1-12-4-3-8-23-17(11-20)18(21-19(12)23)15-5-6-16-14(10-15)7-9-22(16)13(2)24/h3-6,8,10H,7,9,11,20H2,1-2H3. The molecule has 0 spiro atoms. The molecular weight excluding hydrogens is 300 g/mol. The fourth-order valence-corrected chi connectivity index (χ4v) is 3.56. The molecule has 24 heavy (non-hydrogen) atoms. The van der Waals surface area contributed by atoms with E-state index < -0.39 is 0 Å². The van der Waals surface area contributed by atoms with Gasteiger partial charge in [-0.1, -0.05) is 12.1 Å². The molecule has 0 bridgehead atoms. The smallest absolute Gasteiger partial charge is 0.223 e. The first kappa shape index (κ1) is 14.9. The van der Waals surface area contributed by atoms with Crippen LogP contribution >= 0.6 is 0 Å². The summed E-state index contributed by atoms with van der Waals surface area (Å²) in [6, 6.07) is 10.3. The highest BCUT2D eigenvalue weighted by Gasteiger charge is 2.23. The van der Waals surface area contributed by atoms with Crippen LogP contribution in [0.1, 0.15) is 23.7 Å². The monoisotopic (exact) mass is 320 g/mol. The zero-order chi connectivity index (χ0) is 16.8. The van der Waals surface area contributed by atoms with Crippen LogP contribution in [0.5, 0.6) is 0 Å². The zero-order valence-corrected chi connectivity index (χ0v) is 13.9. The Morgan fingerprint density at radius 3 is 2.92 bits per heavy atom. The molecular formula is C19H20N4O. The Labute approximate surface area is 140 Å². The van der Waals surface area contributed by atoms with Crippen LogP contribution in [0.4, 0.5) is 5.69 Å². The van der Waals surface area contributed by atoms with Crippen LogP contribution in [-0.2, 0) is 17.8 Å². The maximum Gasteiger partial charge on any atom is 0.223 e. The number of aryl methyl sites for hydroxylation is 1. The topological polar surface area (TPSA) is 63.6 Å². The predicted molar refractivity (Wildman–Crippen MR) is 95.0 cm³/mol. The SMILES string of the molecule is CC(=O)N1CCc2cc(-c3nc4c(C)cccn4c3CN)ccc21. The van der Waals surface area contributed by atoms with Gasteiger partial charge in [0.2, 0.25) is 5.91 Å². The van der Waals surface area contributed by atoms with Crippen molar-refractivity contribution in [2.45, 2.75) is 26.8 Å². The number of rotatable bonds is 2. The molecule has 5 nitrogen and oxygen atoms in total. The van der Waals surface area contributed by atoms with E-state index in [1.54, 1.807) is 6.92 Å². The lowest BCUT2D eigenvalue weighted by Crippen LogP contribution is -2.25. The molecule has 0 fully saturated rings. The Kier molecular flexibility index (Phi) is 3.39. The van der Waals surface area contributed by atoms with E-state index in [-0.39, 0.29) is 5.91 Å². The third kappa shape index (κ3) is 2.12. The van der Waals surface area contributed by atoms with E-state index in [9.17, 15) is 4.79 Å². The number of carbonyl (C=O) groups excluding carboxylic acids is 1. The van der Waals surface area contributed by atoms with Crippen LogP contribution in [-0.4, -0.2) is 21.8 Å². The Morgan fingerprint density at radius 2 is 2.17 bits per heavy atom. The molecule has 1 amide bonds. The molecule has 3 heterocycles. The molecule has 1 aromatic carbocycles. The minimum Gasteiger partial charge on any atom is -0.325 e. The van der Waals surface area contributed by atoms with Gasteiger partial charge in [0.25, 0.3) is 0 Å². The number of anilines is 1. The fourth-order valence-electron chi connectivity index (χ4n) is 3.56. The zero-order valence-electron chi connectivity index (χ0n) is 13.9. The molecule has 2 aromatic heterocycles. The molecule has 1 aliphatic heterocycles. The first-order chi connectivity index (χ1) is 11.6. The van der Waals surface area contributed by atoms with Crippen LogP contribution in [0.3, 0.4) is 0 Å². The van der Waals surface area contributed by atoms with Crippen LogP contribution < -0.4 is 10.6 Å². The van der Waals surface area contributed by atoms with Gasteiger partial charge in [0.15, 0.2) is 0 Å². The summed E-state index contributed by atoms with van der Waals surface area (Å²) in [7, 11) is 0. The highest BCUT2D eigenvalue weighted by Crippen LogP contribution is 2.33. The normalized spacial score (nSPS) is 13.5. The lowest BCUT2D eigenvalue weighted by molar-refractivity contribution is -0.116. The average Bonchev–Trinajstić information content (AvgIpc) is 3.16. The quantitative estimate of drug-likeness (QED) is 0.789. The number of aromatic nitrogens is 2. The average molecular weight is 320 g/mol. The Morgan fingerprint density at radius 1 is 1.33 bits per heavy atom. The van der Waals surface area contributed by atoms with Gasteiger partial charge in [0.05, 0.1) is 11.4 Å². The second kappa shape index (κ2) is 5.46. The molecule has 3 aromatic rings. The van der Waals surface area contributed by atoms with E-state index in [1.807, 2.05) is 29.3 Å². The highest BCUT2D eigenvalue weighted by molar-refractivity contribution is 5.94. The summed E-state index contributed by atoms with van der Waals surface area (Å²) < 4.78 is 2.07. The van der Waals surface area contributed by atoms with E-state index >= 15 is 0 Å². The summed E-state index contributed by atoms with van der Waals surface area (Å²) in [4.78, 5) is 18.4. The van der Waals surface area contributed by atoms with Crippen molar-refractivity contribution in [2.75, 3.05) is 11.4 Å². The molecule has 122 valence electrons. The van der Waals surface area contributed by atoms with E-state index in [2.05, 4.69) is 23.5 Å². The van der Waals surface area contributed by atoms with Gasteiger partial charge in [0.1, 0.15) is 5.65 Å². The molecule has 0 saturated heterocycles. The number of nitrogens with two attached hydrogens (primary N) is 1. The van der Waals surface area contributed by atoms with Crippen LogP contribution in [0.25, 0.3) is 16.9 Å². The van der Waals surface area contributed by atoms with Crippen LogP contribution in [0.2, 0.25) is 0 Å². The second-order valence-electron chi connectivity index (χ2n) is 6.26. The van der Waals surface area contributed by atoms with Crippen LogP contribution in [0.15, 0.2) is 36.5 Å². The molecule has 5 heteroatoms. The molecule has 0 aliphatic carbocycles. The summed E-state index contributed by atoms with van der Waals surface area (Å²) in [6.07, 6.45) is 2.89. The van der Waals surface area contributed by atoms with Crippen molar-refractivity contribution in [2.24, 2.45) is 5.73 Å². The Bertz CT molecular complexity index is 957. The van der Waals surface area contributed by atoms with Crippen molar-refractivity contribution in [3.8, 4) is 11.3 Å². The van der Waals surface area contributed by atoms with Gasteiger partial charge < -0.3 is 15.0 Å². The maximum atomic E-state index is 11.7. The number of nitrogens with zero attached hydrogens (tertiary/aromatic N) is 3. The number of amides is 1. The van der Waals surface area contributed by atoms with Gasteiger partial charge in [-0.3, -0.25) is 4.79 Å². The van der Waals surface area contributed by atoms with Crippen molar-refractivity contribution in [3.63, 3.8) is 0 Å². The minimum absolute atomic E-state index is 0.0903. The number of pyridine rings is 1. The van der Waals surface area contributed by atoms with Crippen LogP contribution in [0, 0.1) is 6.92 Å². The number of imidazole rings is 1. The summed E-state index contributed by atoms with van der Waals surface area (Å²) in [5.41, 5.74) is 13.3. The molecule has 0 saturated carbocycles. The summed E-state index contributed by atoms with van der Waals surface area (Å²) in [6.45, 7) is 4.85. The molecule has 0 radical (unpaired) electrons. The molecule has 0 atom stereocenters. The number of hydrogen-bond donors (Lipinski definition) is 1. The summed E-state index contributed by atoms with van der Waals surface area (Å²) in [5, 5.41) is 0. The van der Waals surface area contributed by atoms with Gasteiger partial charge >= 0.3 is 0 Å². The molecule has 4 rings (SSSR count). The van der Waals surface area contributed by atoms with Gasteiger partial charge in [-0.2, -0.15) is 0 Å². The molecule has 0 unspecified atom stereocenters. The number of carbonyl (C=O) groups is 1. The lowest BCUT2D eigenvalue weighted by atomic mass is 10.0. The first-order valence-corrected chi connectivity index (χ1v) is 8.18. The Hall–Kier alpha value is -2.66. The second-order valence-corrected chi connectivity index (χ2v) is 6.26. The third-order valence-electron chi connectivity index (χ3n) is 4.77. The minimum atomic E-state index is 0.0903. The molecule has 1 aliphatic rings. The number of benzene rings is 1. The van der Waals surface area contributed by atoms with Gasteiger partial charge in [0, 0.05) is 37.5 Å². The van der Waals surface area contributed by atoms with Gasteiger partial charge in [-0.25, -0.2) is 4.98 Å². The van der Waals surface area contributed by atoms with Crippen molar-refractivity contribution >= 4 is 17.2 Å². The largest absolute Gasteiger partial charge is 0.325 e. The fraction of sp³-hybridized carbons (Fsp3) is 0.263. The first-order valence-electron chi connectivity index (χ1n) is 8.18. The van der Waals surface area contributed by atoms with Crippen molar-refractivity contribution in [1.82, 2.24) is 9.38 Å². The van der Waals surface area contributed by atoms with E-state index in [4.69, 9.17) is 10.7 Å². The van der Waals surface area contributed by atoms with Gasteiger partial charge in [-0.05, 0) is 42.7 Å². The lowest BCUT2D eigenvalue weighted by Gasteiger charge is -2.14. The number of fused-ring (bicyclic) bond motifs is 2. The third-order valence-corrected chi connectivity index (χ3v) is 4.77. The maximum absolute atomic E-state index is 11.7. The van der Waals surface area contributed by atoms with Crippen molar-refractivity contribution < 1.29 is 4.79 Å². The molecule has 2 N–H and O–H groups in total. The summed E-state index contributed by atoms with van der Waals surface area (Å²) >= 11 is 0. The van der Waals surface area contributed by atoms with E-state index in [0.717, 1.165) is 46.8 Å². The number of hydrogen-bond acceptors (Lipinski definition) is 3. The predicted octanol–water partition coefficient (Wildman–Crippen LogP) is 2.68. The highest BCUT2D eigenvalue weighted by atomic mass is 16.2. The Balaban J connectivity index is 1.87. The van der Waals surface area contributed by atoms with Crippen molar-refractivity contribution in [3.05, 3.63) is 53.3 Å². The van der Waals surface area contributed by atoms with E-state index in [1.165, 1.54) is 5.56 Å². The van der Waals surface area contributed by atoms with Crippen molar-refractivity contribution in [1.29, 1.82) is 0 Å². The van der Waals surface area contributed by atoms with E-state index in [0.29, 0.717) is 6.54 Å². The van der Waals surface area contributed by atoms with Gasteiger partial charge in [-0.15, -0.1) is 0 Å². The summed E-state index contributed by atoms with van der Waals surface area (Å²) in [5.74, 6) is 0.0903.